The van der Waals surface area contributed by atoms with E-state index in [9.17, 15) is 0 Å². The molecule has 15 heavy (non-hydrogen) atoms. The molecule has 0 saturated heterocycles. The van der Waals surface area contributed by atoms with Crippen LogP contribution in [-0.2, 0) is 14.2 Å². The Morgan fingerprint density at radius 2 is 1.80 bits per heavy atom. The molecule has 0 radical (unpaired) electrons. The summed E-state index contributed by atoms with van der Waals surface area (Å²) in [7, 11) is 5.11. The predicted octanol–water partition coefficient (Wildman–Crippen LogP) is 0.166. The van der Waals surface area contributed by atoms with Crippen molar-refractivity contribution in [3.63, 3.8) is 0 Å². The second kappa shape index (κ2) is 12.1. The van der Waals surface area contributed by atoms with E-state index in [1.54, 1.807) is 14.2 Å². The summed E-state index contributed by atoms with van der Waals surface area (Å²) in [4.78, 5) is 0. The fourth-order valence-corrected chi connectivity index (χ4v) is 2.60. The van der Waals surface area contributed by atoms with E-state index in [0.717, 1.165) is 32.6 Å². The lowest BCUT2D eigenvalue weighted by atomic mass is 10.4. The second-order valence-corrected chi connectivity index (χ2v) is 5.42. The standard InChI is InChI=1S/C10H25NO3Si/c1-11-6-4-7-14-8-5-9-15-10(12-2)13-3/h10-11H,4-9,15H2,1-3H3. The molecule has 0 saturated carbocycles. The summed E-state index contributed by atoms with van der Waals surface area (Å²) < 4.78 is 15.8. The lowest BCUT2D eigenvalue weighted by molar-refractivity contribution is -0.0442. The van der Waals surface area contributed by atoms with Gasteiger partial charge in [-0.05, 0) is 26.4 Å². The number of hydrogen-bond acceptors (Lipinski definition) is 4. The van der Waals surface area contributed by atoms with E-state index >= 15 is 0 Å². The molecule has 0 spiro atoms. The SMILES string of the molecule is CNCCCOCCC[SiH2]C(OC)OC. The van der Waals surface area contributed by atoms with Gasteiger partial charge in [0.25, 0.3) is 0 Å². The third-order valence-corrected chi connectivity index (χ3v) is 4.27. The van der Waals surface area contributed by atoms with Crippen molar-refractivity contribution in [2.45, 2.75) is 24.8 Å². The van der Waals surface area contributed by atoms with Crippen LogP contribution in [-0.4, -0.2) is 56.5 Å². The summed E-state index contributed by atoms with van der Waals surface area (Å²) in [6.45, 7) is 2.77. The summed E-state index contributed by atoms with van der Waals surface area (Å²) in [6, 6.07) is 1.22. The van der Waals surface area contributed by atoms with Crippen LogP contribution < -0.4 is 5.32 Å². The van der Waals surface area contributed by atoms with E-state index in [2.05, 4.69) is 5.32 Å². The fraction of sp³-hybridized carbons (Fsp3) is 1.00. The Morgan fingerprint density at radius 3 is 2.40 bits per heavy atom. The second-order valence-electron chi connectivity index (χ2n) is 3.47. The van der Waals surface area contributed by atoms with E-state index in [1.165, 1.54) is 6.04 Å². The molecule has 1 N–H and O–H groups in total. The molecule has 0 unspecified atom stereocenters. The van der Waals surface area contributed by atoms with Crippen LogP contribution in [0.1, 0.15) is 12.8 Å². The highest BCUT2D eigenvalue weighted by atomic mass is 28.2. The smallest absolute Gasteiger partial charge is 0.134 e. The molecule has 0 atom stereocenters. The van der Waals surface area contributed by atoms with Crippen molar-refractivity contribution in [3.05, 3.63) is 0 Å². The van der Waals surface area contributed by atoms with Gasteiger partial charge >= 0.3 is 0 Å². The zero-order valence-electron chi connectivity index (χ0n) is 10.3. The maximum absolute atomic E-state index is 5.49. The van der Waals surface area contributed by atoms with Crippen LogP contribution in [0.25, 0.3) is 0 Å². The molecule has 0 aliphatic rings. The van der Waals surface area contributed by atoms with E-state index in [-0.39, 0.29) is 15.4 Å². The van der Waals surface area contributed by atoms with Crippen LogP contribution in [0.2, 0.25) is 6.04 Å². The van der Waals surface area contributed by atoms with Crippen molar-refractivity contribution in [2.24, 2.45) is 0 Å². The average molecular weight is 235 g/mol. The Labute approximate surface area is 95.5 Å². The molecular weight excluding hydrogens is 210 g/mol. The van der Waals surface area contributed by atoms with Gasteiger partial charge in [0.2, 0.25) is 0 Å². The number of rotatable bonds is 11. The maximum atomic E-state index is 5.49. The molecule has 5 heteroatoms. The number of methoxy groups -OCH3 is 2. The van der Waals surface area contributed by atoms with Gasteiger partial charge in [-0.3, -0.25) is 0 Å². The lowest BCUT2D eigenvalue weighted by Crippen LogP contribution is -2.21. The first-order chi connectivity index (χ1) is 7.35. The Hall–Kier alpha value is 0.0569. The van der Waals surface area contributed by atoms with Crippen molar-refractivity contribution in [3.8, 4) is 0 Å². The van der Waals surface area contributed by atoms with Crippen molar-refractivity contribution in [2.75, 3.05) is 41.0 Å². The van der Waals surface area contributed by atoms with Gasteiger partial charge in [-0.1, -0.05) is 6.04 Å². The Balaban J connectivity index is 3.04. The topological polar surface area (TPSA) is 39.7 Å². The van der Waals surface area contributed by atoms with Crippen LogP contribution in [0.15, 0.2) is 0 Å². The van der Waals surface area contributed by atoms with Crippen molar-refractivity contribution < 1.29 is 14.2 Å². The minimum absolute atomic E-state index is 0.0780. The van der Waals surface area contributed by atoms with Gasteiger partial charge in [-0.15, -0.1) is 0 Å². The summed E-state index contributed by atoms with van der Waals surface area (Å²) in [5.41, 5.74) is 0. The fourth-order valence-electron chi connectivity index (χ4n) is 1.30. The summed E-state index contributed by atoms with van der Waals surface area (Å²) >= 11 is 0. The molecule has 0 bridgehead atoms. The Bertz CT molecular complexity index is 123. The van der Waals surface area contributed by atoms with Gasteiger partial charge in [-0.25, -0.2) is 0 Å². The summed E-state index contributed by atoms with van der Waals surface area (Å²) in [5.74, 6) is 0.0780. The summed E-state index contributed by atoms with van der Waals surface area (Å²) in [6.07, 6.45) is 2.22. The average Bonchev–Trinajstić information content (AvgIpc) is 2.27. The zero-order valence-corrected chi connectivity index (χ0v) is 11.7. The molecule has 0 aliphatic heterocycles. The largest absolute Gasteiger partial charge is 0.381 e. The van der Waals surface area contributed by atoms with Crippen LogP contribution >= 0.6 is 0 Å². The van der Waals surface area contributed by atoms with Crippen molar-refractivity contribution in [1.29, 1.82) is 0 Å². The first-order valence-corrected chi connectivity index (χ1v) is 7.44. The highest BCUT2D eigenvalue weighted by molar-refractivity contribution is 6.36. The predicted molar refractivity (Wildman–Crippen MR) is 65.1 cm³/mol. The van der Waals surface area contributed by atoms with Gasteiger partial charge in [0.1, 0.15) is 5.91 Å². The molecule has 0 amide bonds. The third kappa shape index (κ3) is 10.3. The normalized spacial score (nSPS) is 12.0. The molecule has 0 aromatic carbocycles. The first-order valence-electron chi connectivity index (χ1n) is 5.63. The minimum Gasteiger partial charge on any atom is -0.381 e. The molecule has 0 aliphatic carbocycles. The van der Waals surface area contributed by atoms with E-state index in [1.807, 2.05) is 7.05 Å². The molecule has 0 aromatic heterocycles. The quantitative estimate of drug-likeness (QED) is 0.315. The van der Waals surface area contributed by atoms with Crippen LogP contribution in [0.5, 0.6) is 0 Å². The Morgan fingerprint density at radius 1 is 1.13 bits per heavy atom. The van der Waals surface area contributed by atoms with Gasteiger partial charge in [0, 0.05) is 27.4 Å². The van der Waals surface area contributed by atoms with Crippen molar-refractivity contribution >= 4 is 9.52 Å². The molecule has 0 aromatic rings. The highest BCUT2D eigenvalue weighted by Crippen LogP contribution is 1.97. The monoisotopic (exact) mass is 235 g/mol. The highest BCUT2D eigenvalue weighted by Gasteiger charge is 2.04. The third-order valence-electron chi connectivity index (χ3n) is 2.22. The van der Waals surface area contributed by atoms with Crippen LogP contribution in [0, 0.1) is 0 Å². The first kappa shape index (κ1) is 15.1. The molecule has 0 fully saturated rings. The molecule has 4 nitrogen and oxygen atoms in total. The van der Waals surface area contributed by atoms with E-state index < -0.39 is 0 Å². The molecular formula is C10H25NO3Si. The van der Waals surface area contributed by atoms with Gasteiger partial charge in [0.05, 0.1) is 9.52 Å². The van der Waals surface area contributed by atoms with Crippen LogP contribution in [0.4, 0.5) is 0 Å². The van der Waals surface area contributed by atoms with E-state index in [0.29, 0.717) is 0 Å². The van der Waals surface area contributed by atoms with E-state index in [4.69, 9.17) is 14.2 Å². The Kier molecular flexibility index (Phi) is 12.2. The summed E-state index contributed by atoms with van der Waals surface area (Å²) in [5, 5.41) is 3.09. The van der Waals surface area contributed by atoms with Crippen LogP contribution in [0.3, 0.4) is 0 Å². The molecule has 0 heterocycles. The maximum Gasteiger partial charge on any atom is 0.134 e. The number of nitrogens with one attached hydrogen (secondary N) is 1. The number of hydrogen-bond donors (Lipinski definition) is 1. The minimum atomic E-state index is -0.255. The van der Waals surface area contributed by atoms with Gasteiger partial charge in [-0.2, -0.15) is 0 Å². The van der Waals surface area contributed by atoms with Gasteiger partial charge in [0.15, 0.2) is 0 Å². The lowest BCUT2D eigenvalue weighted by Gasteiger charge is -2.12. The molecule has 0 rings (SSSR count). The van der Waals surface area contributed by atoms with Gasteiger partial charge < -0.3 is 19.5 Å². The zero-order chi connectivity index (χ0) is 11.4. The number of ether oxygens (including phenoxy) is 3. The molecule has 92 valence electrons. The van der Waals surface area contributed by atoms with Crippen molar-refractivity contribution in [1.82, 2.24) is 5.32 Å².